The van der Waals surface area contributed by atoms with Gasteiger partial charge < -0.3 is 19.3 Å². The fraction of sp³-hybridized carbons (Fsp3) is 0.600. The zero-order valence-corrected chi connectivity index (χ0v) is 16.5. The Bertz CT molecular complexity index is 644. The summed E-state index contributed by atoms with van der Waals surface area (Å²) in [6.45, 7) is 10.7. The van der Waals surface area contributed by atoms with Crippen LogP contribution in [0.1, 0.15) is 38.8 Å². The lowest BCUT2D eigenvalue weighted by molar-refractivity contribution is -0.132. The third-order valence-electron chi connectivity index (χ3n) is 4.65. The molecule has 1 aliphatic heterocycles. The van der Waals surface area contributed by atoms with Crippen LogP contribution in [0.25, 0.3) is 0 Å². The highest BCUT2D eigenvalue weighted by Gasteiger charge is 2.26. The first kappa shape index (κ1) is 20.1. The van der Waals surface area contributed by atoms with E-state index in [9.17, 15) is 9.59 Å². The molecule has 2 amide bonds. The Labute approximate surface area is 156 Å². The molecule has 0 atom stereocenters. The van der Waals surface area contributed by atoms with Crippen LogP contribution in [-0.4, -0.2) is 61.7 Å². The van der Waals surface area contributed by atoms with Gasteiger partial charge in [-0.3, -0.25) is 4.79 Å². The maximum absolute atomic E-state index is 12.7. The molecule has 144 valence electrons. The molecule has 1 aromatic carbocycles. The quantitative estimate of drug-likeness (QED) is 0.826. The van der Waals surface area contributed by atoms with Crippen LogP contribution in [0, 0.1) is 0 Å². The number of hydrogen-bond donors (Lipinski definition) is 0. The molecule has 1 fully saturated rings. The van der Waals surface area contributed by atoms with E-state index in [2.05, 4.69) is 26.8 Å². The fourth-order valence-electron chi connectivity index (χ4n) is 3.01. The standard InChI is InChI=1S/C20H30N2O4/c1-6-26-19(24)22-11-9-21(10-12-22)18(23)14-15-13-16(20(2,3)4)7-8-17(15)25-5/h7-8,13H,6,9-12,14H2,1-5H3. The molecular formula is C20H30N2O4. The number of rotatable bonds is 4. The van der Waals surface area contributed by atoms with Gasteiger partial charge in [-0.05, 0) is 24.0 Å². The Morgan fingerprint density at radius 3 is 2.23 bits per heavy atom. The van der Waals surface area contributed by atoms with Crippen molar-refractivity contribution in [2.24, 2.45) is 0 Å². The van der Waals surface area contributed by atoms with Gasteiger partial charge in [-0.1, -0.05) is 32.9 Å². The Morgan fingerprint density at radius 2 is 1.69 bits per heavy atom. The molecule has 0 spiro atoms. The summed E-state index contributed by atoms with van der Waals surface area (Å²) in [5.74, 6) is 0.786. The van der Waals surface area contributed by atoms with Crippen LogP contribution >= 0.6 is 0 Å². The van der Waals surface area contributed by atoms with Crippen LogP contribution in [0.5, 0.6) is 5.75 Å². The number of carbonyl (C=O) groups is 2. The summed E-state index contributed by atoms with van der Waals surface area (Å²) in [6.07, 6.45) is -0.00823. The van der Waals surface area contributed by atoms with Crippen LogP contribution in [0.15, 0.2) is 18.2 Å². The molecule has 1 aromatic rings. The van der Waals surface area contributed by atoms with Gasteiger partial charge in [0, 0.05) is 31.7 Å². The monoisotopic (exact) mass is 362 g/mol. The number of nitrogens with zero attached hydrogens (tertiary/aromatic N) is 2. The molecule has 0 aromatic heterocycles. The average Bonchev–Trinajstić information content (AvgIpc) is 2.61. The zero-order valence-electron chi connectivity index (χ0n) is 16.5. The highest BCUT2D eigenvalue weighted by Crippen LogP contribution is 2.28. The van der Waals surface area contributed by atoms with E-state index in [1.165, 1.54) is 5.56 Å². The SMILES string of the molecule is CCOC(=O)N1CCN(C(=O)Cc2cc(C(C)(C)C)ccc2OC)CC1. The molecule has 1 aliphatic rings. The van der Waals surface area contributed by atoms with Crippen molar-refractivity contribution >= 4 is 12.0 Å². The molecule has 0 unspecified atom stereocenters. The van der Waals surface area contributed by atoms with Crippen molar-refractivity contribution in [2.75, 3.05) is 39.9 Å². The number of benzene rings is 1. The number of ether oxygens (including phenoxy) is 2. The molecule has 6 nitrogen and oxygen atoms in total. The first-order chi connectivity index (χ1) is 12.3. The summed E-state index contributed by atoms with van der Waals surface area (Å²) in [5, 5.41) is 0. The van der Waals surface area contributed by atoms with Gasteiger partial charge >= 0.3 is 6.09 Å². The summed E-state index contributed by atoms with van der Waals surface area (Å²) in [7, 11) is 1.62. The average molecular weight is 362 g/mol. The smallest absolute Gasteiger partial charge is 0.409 e. The van der Waals surface area contributed by atoms with E-state index in [1.54, 1.807) is 23.8 Å². The van der Waals surface area contributed by atoms with Crippen LogP contribution < -0.4 is 4.74 Å². The molecule has 26 heavy (non-hydrogen) atoms. The Hall–Kier alpha value is -2.24. The van der Waals surface area contributed by atoms with E-state index in [0.717, 1.165) is 11.3 Å². The summed E-state index contributed by atoms with van der Waals surface area (Å²) >= 11 is 0. The highest BCUT2D eigenvalue weighted by atomic mass is 16.6. The summed E-state index contributed by atoms with van der Waals surface area (Å²) < 4.78 is 10.5. The van der Waals surface area contributed by atoms with Crippen molar-refractivity contribution in [2.45, 2.75) is 39.5 Å². The van der Waals surface area contributed by atoms with Crippen LogP contribution in [0.4, 0.5) is 4.79 Å². The lowest BCUT2D eigenvalue weighted by Gasteiger charge is -2.34. The van der Waals surface area contributed by atoms with Gasteiger partial charge in [0.25, 0.3) is 0 Å². The first-order valence-corrected chi connectivity index (χ1v) is 9.13. The summed E-state index contributed by atoms with van der Waals surface area (Å²) in [4.78, 5) is 28.0. The molecule has 1 saturated heterocycles. The predicted molar refractivity (Wildman–Crippen MR) is 101 cm³/mol. The van der Waals surface area contributed by atoms with E-state index < -0.39 is 0 Å². The predicted octanol–water partition coefficient (Wildman–Crippen LogP) is 2.84. The van der Waals surface area contributed by atoms with Crippen molar-refractivity contribution in [3.63, 3.8) is 0 Å². The number of amides is 2. The van der Waals surface area contributed by atoms with Gasteiger partial charge in [-0.2, -0.15) is 0 Å². The molecule has 1 heterocycles. The second-order valence-corrected chi connectivity index (χ2v) is 7.52. The fourth-order valence-corrected chi connectivity index (χ4v) is 3.01. The zero-order chi connectivity index (χ0) is 19.3. The van der Waals surface area contributed by atoms with Gasteiger partial charge in [0.1, 0.15) is 5.75 Å². The summed E-state index contributed by atoms with van der Waals surface area (Å²) in [5.41, 5.74) is 2.08. The van der Waals surface area contributed by atoms with E-state index >= 15 is 0 Å². The van der Waals surface area contributed by atoms with Crippen molar-refractivity contribution in [3.05, 3.63) is 29.3 Å². The van der Waals surface area contributed by atoms with Gasteiger partial charge in [0.05, 0.1) is 20.1 Å². The molecule has 2 rings (SSSR count). The van der Waals surface area contributed by atoms with Gasteiger partial charge in [0.2, 0.25) is 5.91 Å². The largest absolute Gasteiger partial charge is 0.496 e. The minimum atomic E-state index is -0.306. The molecule has 0 saturated carbocycles. The second-order valence-electron chi connectivity index (χ2n) is 7.52. The van der Waals surface area contributed by atoms with E-state index in [-0.39, 0.29) is 17.4 Å². The van der Waals surface area contributed by atoms with Crippen molar-refractivity contribution in [3.8, 4) is 5.75 Å². The lowest BCUT2D eigenvalue weighted by atomic mass is 9.85. The van der Waals surface area contributed by atoms with E-state index in [0.29, 0.717) is 39.2 Å². The van der Waals surface area contributed by atoms with Crippen LogP contribution in [-0.2, 0) is 21.4 Å². The highest BCUT2D eigenvalue weighted by molar-refractivity contribution is 5.80. The number of carbonyl (C=O) groups excluding carboxylic acids is 2. The Balaban J connectivity index is 2.03. The van der Waals surface area contributed by atoms with E-state index in [4.69, 9.17) is 9.47 Å². The molecule has 0 aliphatic carbocycles. The maximum atomic E-state index is 12.7. The van der Waals surface area contributed by atoms with Crippen LogP contribution in [0.2, 0.25) is 0 Å². The topological polar surface area (TPSA) is 59.1 Å². The van der Waals surface area contributed by atoms with Gasteiger partial charge in [0.15, 0.2) is 0 Å². The number of methoxy groups -OCH3 is 1. The molecule has 6 heteroatoms. The number of hydrogen-bond acceptors (Lipinski definition) is 4. The Morgan fingerprint density at radius 1 is 1.08 bits per heavy atom. The lowest BCUT2D eigenvalue weighted by Crippen LogP contribution is -2.51. The van der Waals surface area contributed by atoms with Gasteiger partial charge in [-0.15, -0.1) is 0 Å². The number of piperazine rings is 1. The van der Waals surface area contributed by atoms with Gasteiger partial charge in [-0.25, -0.2) is 4.79 Å². The van der Waals surface area contributed by atoms with Crippen molar-refractivity contribution in [1.82, 2.24) is 9.80 Å². The normalized spacial score (nSPS) is 15.0. The van der Waals surface area contributed by atoms with Crippen molar-refractivity contribution in [1.29, 1.82) is 0 Å². The van der Waals surface area contributed by atoms with E-state index in [1.807, 2.05) is 12.1 Å². The minimum Gasteiger partial charge on any atom is -0.496 e. The third-order valence-corrected chi connectivity index (χ3v) is 4.65. The van der Waals surface area contributed by atoms with Crippen LogP contribution in [0.3, 0.4) is 0 Å². The molecule has 0 bridgehead atoms. The molecule has 0 N–H and O–H groups in total. The first-order valence-electron chi connectivity index (χ1n) is 9.13. The second kappa shape index (κ2) is 8.43. The minimum absolute atomic E-state index is 0.00926. The Kier molecular flexibility index (Phi) is 6.51. The third kappa shape index (κ3) is 4.90. The molecular weight excluding hydrogens is 332 g/mol. The maximum Gasteiger partial charge on any atom is 0.409 e. The molecule has 0 radical (unpaired) electrons. The van der Waals surface area contributed by atoms with Crippen molar-refractivity contribution < 1.29 is 19.1 Å². The summed E-state index contributed by atoms with van der Waals surface area (Å²) in [6, 6.07) is 6.04.